The third kappa shape index (κ3) is 2.06. The third-order valence-corrected chi connectivity index (χ3v) is 1.32. The van der Waals surface area contributed by atoms with Gasteiger partial charge in [-0.25, -0.2) is 0 Å². The zero-order chi connectivity index (χ0) is 8.10. The van der Waals surface area contributed by atoms with E-state index in [1.54, 1.807) is 12.1 Å². The van der Waals surface area contributed by atoms with E-state index in [4.69, 9.17) is 5.26 Å². The molecule has 2 heteroatoms. The van der Waals surface area contributed by atoms with Crippen LogP contribution < -0.4 is 0 Å². The molecule has 0 heterocycles. The Labute approximate surface area is 66.0 Å². The molecule has 0 amide bonds. The average molecular weight is 146 g/mol. The second-order valence-electron chi connectivity index (χ2n) is 2.16. The van der Waals surface area contributed by atoms with E-state index in [-0.39, 0.29) is 0 Å². The summed E-state index contributed by atoms with van der Waals surface area (Å²) < 4.78 is 4.67. The summed E-state index contributed by atoms with van der Waals surface area (Å²) in [4.78, 5) is 0. The predicted octanol–water partition coefficient (Wildman–Crippen LogP) is 1.87. The Morgan fingerprint density at radius 1 is 1.55 bits per heavy atom. The summed E-state index contributed by atoms with van der Waals surface area (Å²) in [7, 11) is 3.25. The fraction of sp³-hybridized carbons (Fsp3) is 0.111. The highest BCUT2D eigenvalue weighted by atomic mass is 16.5. The lowest BCUT2D eigenvalue weighted by Crippen LogP contribution is -1.85. The van der Waals surface area contributed by atoms with Crippen LogP contribution in [0.1, 0.15) is 11.1 Å². The summed E-state index contributed by atoms with van der Waals surface area (Å²) in [6.07, 6.45) is 0. The fourth-order valence-corrected chi connectivity index (χ4v) is 0.849. The fourth-order valence-electron chi connectivity index (χ4n) is 0.849. The Morgan fingerprint density at radius 2 is 2.36 bits per heavy atom. The number of hydrogen-bond donors (Lipinski definition) is 0. The minimum absolute atomic E-state index is 0.454. The van der Waals surface area contributed by atoms with E-state index >= 15 is 0 Å². The first kappa shape index (κ1) is 7.77. The smallest absolute Gasteiger partial charge is 0.0991 e. The molecule has 0 spiro atoms. The summed E-state index contributed by atoms with van der Waals surface area (Å²) in [6, 6.07) is 9.31. The zero-order valence-electron chi connectivity index (χ0n) is 6.08. The molecule has 1 aromatic rings. The van der Waals surface area contributed by atoms with Crippen molar-refractivity contribution >= 4 is 0 Å². The highest BCUT2D eigenvalue weighted by molar-refractivity contribution is 5.32. The van der Waals surface area contributed by atoms with Gasteiger partial charge in [0.1, 0.15) is 0 Å². The Morgan fingerprint density at radius 3 is 3.00 bits per heavy atom. The van der Waals surface area contributed by atoms with Crippen LogP contribution in [0, 0.1) is 18.4 Å². The van der Waals surface area contributed by atoms with E-state index in [2.05, 4.69) is 11.8 Å². The van der Waals surface area contributed by atoms with Crippen molar-refractivity contribution in [1.82, 2.24) is 0 Å². The van der Waals surface area contributed by atoms with Crippen molar-refractivity contribution in [2.75, 3.05) is 0 Å². The van der Waals surface area contributed by atoms with E-state index in [1.165, 1.54) is 0 Å². The number of ether oxygens (including phenoxy) is 1. The number of rotatable bonds is 2. The Balaban J connectivity index is 2.85. The highest BCUT2D eigenvalue weighted by Crippen LogP contribution is 2.04. The normalized spacial score (nSPS) is 9.09. The predicted molar refractivity (Wildman–Crippen MR) is 41.3 cm³/mol. The molecular formula is C9H8NO. The monoisotopic (exact) mass is 146 g/mol. The molecule has 0 atom stereocenters. The van der Waals surface area contributed by atoms with E-state index in [0.717, 1.165) is 5.56 Å². The van der Waals surface area contributed by atoms with Crippen molar-refractivity contribution in [3.63, 3.8) is 0 Å². The van der Waals surface area contributed by atoms with E-state index in [0.29, 0.717) is 12.2 Å². The van der Waals surface area contributed by atoms with Crippen LogP contribution in [0.3, 0.4) is 0 Å². The Kier molecular flexibility index (Phi) is 2.65. The summed E-state index contributed by atoms with van der Waals surface area (Å²) in [5, 5.41) is 8.52. The van der Waals surface area contributed by atoms with Crippen molar-refractivity contribution in [3.05, 3.63) is 42.5 Å². The van der Waals surface area contributed by atoms with Crippen molar-refractivity contribution in [2.45, 2.75) is 6.61 Å². The first-order valence-corrected chi connectivity index (χ1v) is 3.23. The molecule has 0 aliphatic carbocycles. The van der Waals surface area contributed by atoms with Crippen LogP contribution in [-0.2, 0) is 11.3 Å². The Hall–Kier alpha value is -1.33. The van der Waals surface area contributed by atoms with Crippen LogP contribution >= 0.6 is 0 Å². The van der Waals surface area contributed by atoms with Crippen molar-refractivity contribution in [3.8, 4) is 6.07 Å². The molecule has 0 N–H and O–H groups in total. The van der Waals surface area contributed by atoms with Gasteiger partial charge >= 0.3 is 0 Å². The van der Waals surface area contributed by atoms with Crippen LogP contribution in [0.25, 0.3) is 0 Å². The average Bonchev–Trinajstić information content (AvgIpc) is 2.06. The van der Waals surface area contributed by atoms with Crippen LogP contribution in [0.2, 0.25) is 0 Å². The molecule has 11 heavy (non-hydrogen) atoms. The van der Waals surface area contributed by atoms with Crippen molar-refractivity contribution in [2.24, 2.45) is 0 Å². The standard InChI is InChI=1S/C9H8NO/c1-11-7-9-4-2-3-8(5-9)6-10/h2-5H,1,7H2. The molecular weight excluding hydrogens is 138 g/mol. The van der Waals surface area contributed by atoms with Crippen molar-refractivity contribution in [1.29, 1.82) is 5.26 Å². The second kappa shape index (κ2) is 3.75. The number of nitriles is 1. The van der Waals surface area contributed by atoms with E-state index in [9.17, 15) is 0 Å². The minimum atomic E-state index is 0.454. The molecule has 0 fully saturated rings. The summed E-state index contributed by atoms with van der Waals surface area (Å²) in [5.41, 5.74) is 1.62. The minimum Gasteiger partial charge on any atom is -0.374 e. The van der Waals surface area contributed by atoms with Gasteiger partial charge in [0, 0.05) is 0 Å². The summed E-state index contributed by atoms with van der Waals surface area (Å²) >= 11 is 0. The maximum atomic E-state index is 8.52. The highest BCUT2D eigenvalue weighted by Gasteiger charge is 1.92. The molecule has 0 bridgehead atoms. The van der Waals surface area contributed by atoms with Gasteiger partial charge in [-0.05, 0) is 17.7 Å². The van der Waals surface area contributed by atoms with Gasteiger partial charge < -0.3 is 4.74 Å². The lowest BCUT2D eigenvalue weighted by molar-refractivity contribution is 0.229. The molecule has 0 saturated carbocycles. The summed E-state index contributed by atoms with van der Waals surface area (Å²) in [5.74, 6) is 0. The first-order chi connectivity index (χ1) is 5.36. The lowest BCUT2D eigenvalue weighted by Gasteiger charge is -1.97. The molecule has 0 aliphatic rings. The number of benzene rings is 1. The van der Waals surface area contributed by atoms with Crippen LogP contribution in [0.15, 0.2) is 24.3 Å². The van der Waals surface area contributed by atoms with E-state index < -0.39 is 0 Å². The SMILES string of the molecule is [CH2]OCc1cccc(C#N)c1. The molecule has 0 aliphatic heterocycles. The zero-order valence-corrected chi connectivity index (χ0v) is 6.08. The maximum Gasteiger partial charge on any atom is 0.0991 e. The number of hydrogen-bond acceptors (Lipinski definition) is 2. The van der Waals surface area contributed by atoms with Gasteiger partial charge in [0.25, 0.3) is 0 Å². The largest absolute Gasteiger partial charge is 0.374 e. The molecule has 1 rings (SSSR count). The molecule has 2 nitrogen and oxygen atoms in total. The van der Waals surface area contributed by atoms with Gasteiger partial charge in [0.05, 0.1) is 25.3 Å². The lowest BCUT2D eigenvalue weighted by atomic mass is 10.1. The molecule has 0 aromatic heterocycles. The van der Waals surface area contributed by atoms with Gasteiger partial charge in [-0.3, -0.25) is 0 Å². The molecule has 1 aromatic carbocycles. The molecule has 55 valence electrons. The van der Waals surface area contributed by atoms with Crippen LogP contribution in [0.4, 0.5) is 0 Å². The molecule has 0 saturated heterocycles. The van der Waals surface area contributed by atoms with Gasteiger partial charge in [0.2, 0.25) is 0 Å². The van der Waals surface area contributed by atoms with Gasteiger partial charge in [-0.2, -0.15) is 5.26 Å². The quantitative estimate of drug-likeness (QED) is 0.638. The Bertz CT molecular complexity index is 275. The van der Waals surface area contributed by atoms with E-state index in [1.807, 2.05) is 18.2 Å². The first-order valence-electron chi connectivity index (χ1n) is 3.23. The molecule has 1 radical (unpaired) electrons. The summed E-state index contributed by atoms with van der Waals surface area (Å²) in [6.45, 7) is 0.454. The molecule has 0 unspecified atom stereocenters. The van der Waals surface area contributed by atoms with Gasteiger partial charge in [0.15, 0.2) is 0 Å². The van der Waals surface area contributed by atoms with Crippen molar-refractivity contribution < 1.29 is 4.74 Å². The second-order valence-corrected chi connectivity index (χ2v) is 2.16. The van der Waals surface area contributed by atoms with Gasteiger partial charge in [-0.15, -0.1) is 0 Å². The van der Waals surface area contributed by atoms with Crippen LogP contribution in [0.5, 0.6) is 0 Å². The number of nitrogens with zero attached hydrogens (tertiary/aromatic N) is 1. The maximum absolute atomic E-state index is 8.52. The topological polar surface area (TPSA) is 33.0 Å². The third-order valence-electron chi connectivity index (χ3n) is 1.32. The van der Waals surface area contributed by atoms with Crippen LogP contribution in [-0.4, -0.2) is 0 Å². The van der Waals surface area contributed by atoms with Gasteiger partial charge in [-0.1, -0.05) is 12.1 Å².